The van der Waals surface area contributed by atoms with Crippen LogP contribution in [0, 0.1) is 0 Å². The molecular formula is C21H19N3O7S2. The van der Waals surface area contributed by atoms with Gasteiger partial charge in [0, 0.05) is 17.8 Å². The molecule has 1 aliphatic rings. The number of hydrogen-bond acceptors (Lipinski definition) is 9. The number of nitrogens with one attached hydrogen (secondary N) is 1. The monoisotopic (exact) mass is 489 g/mol. The Balaban J connectivity index is 1.84. The Hall–Kier alpha value is -3.32. The molecule has 2 aromatic carbocycles. The maximum atomic E-state index is 12.9. The second-order valence-corrected chi connectivity index (χ2v) is 9.54. The molecule has 0 unspecified atom stereocenters. The Morgan fingerprint density at radius 1 is 1.27 bits per heavy atom. The minimum Gasteiger partial charge on any atom is -0.466 e. The van der Waals surface area contributed by atoms with Crippen LogP contribution in [0.4, 0.5) is 5.69 Å². The number of esters is 1. The predicted molar refractivity (Wildman–Crippen MR) is 121 cm³/mol. The standard InChI is InChI=1S/C21H19N3O7S2/c1-31-21(27)14-11-24(8-9-25)20(26)18(14)22-15-7-6-12(33(28,29)30)10-13(15)19-23-16-4-2-3-5-17(16)32-19/h2-7,10,22,25H,8-9,11H2,1H3,(H,28,29,30). The van der Waals surface area contributed by atoms with Crippen molar-refractivity contribution in [1.29, 1.82) is 0 Å². The number of aliphatic hydroxyl groups excluding tert-OH is 1. The van der Waals surface area contributed by atoms with E-state index < -0.39 is 22.0 Å². The van der Waals surface area contributed by atoms with Crippen molar-refractivity contribution in [1.82, 2.24) is 9.88 Å². The van der Waals surface area contributed by atoms with Gasteiger partial charge in [0.25, 0.3) is 16.0 Å². The maximum Gasteiger partial charge on any atom is 0.337 e. The number of anilines is 1. The lowest BCUT2D eigenvalue weighted by Crippen LogP contribution is -2.31. The van der Waals surface area contributed by atoms with E-state index in [1.165, 1.54) is 41.5 Å². The summed E-state index contributed by atoms with van der Waals surface area (Å²) < 4.78 is 38.7. The molecule has 4 rings (SSSR count). The van der Waals surface area contributed by atoms with Crippen molar-refractivity contribution >= 4 is 49.2 Å². The number of nitrogens with zero attached hydrogens (tertiary/aromatic N) is 2. The lowest BCUT2D eigenvalue weighted by atomic mass is 10.1. The zero-order chi connectivity index (χ0) is 23.8. The molecule has 0 radical (unpaired) electrons. The number of ether oxygens (including phenoxy) is 1. The Kier molecular flexibility index (Phi) is 6.17. The number of aromatic nitrogens is 1. The van der Waals surface area contributed by atoms with E-state index in [0.29, 0.717) is 21.8 Å². The predicted octanol–water partition coefficient (Wildman–Crippen LogP) is 1.88. The topological polar surface area (TPSA) is 146 Å². The highest BCUT2D eigenvalue weighted by Crippen LogP contribution is 2.37. The van der Waals surface area contributed by atoms with Crippen molar-refractivity contribution in [3.63, 3.8) is 0 Å². The van der Waals surface area contributed by atoms with E-state index in [0.717, 1.165) is 4.70 Å². The fourth-order valence-electron chi connectivity index (χ4n) is 3.44. The van der Waals surface area contributed by atoms with Crippen molar-refractivity contribution in [3.8, 4) is 10.6 Å². The van der Waals surface area contributed by atoms with E-state index in [9.17, 15) is 27.7 Å². The number of benzene rings is 2. The summed E-state index contributed by atoms with van der Waals surface area (Å²) in [6, 6.07) is 11.1. The zero-order valence-corrected chi connectivity index (χ0v) is 18.9. The second-order valence-electron chi connectivity index (χ2n) is 7.09. The average Bonchev–Trinajstić information content (AvgIpc) is 3.35. The first-order valence-corrected chi connectivity index (χ1v) is 11.9. The summed E-state index contributed by atoms with van der Waals surface area (Å²) in [5.41, 5.74) is 1.34. The molecule has 0 spiro atoms. The lowest BCUT2D eigenvalue weighted by molar-refractivity contribution is -0.136. The van der Waals surface area contributed by atoms with Gasteiger partial charge in [-0.05, 0) is 30.3 Å². The van der Waals surface area contributed by atoms with Crippen LogP contribution in [-0.2, 0) is 24.4 Å². The molecular weight excluding hydrogens is 470 g/mol. The first kappa shape index (κ1) is 22.9. The van der Waals surface area contributed by atoms with Gasteiger partial charge in [-0.2, -0.15) is 8.42 Å². The van der Waals surface area contributed by atoms with Crippen LogP contribution in [0.2, 0.25) is 0 Å². The molecule has 0 bridgehead atoms. The molecule has 1 aliphatic heterocycles. The molecule has 0 saturated heterocycles. The minimum absolute atomic E-state index is 0.0247. The van der Waals surface area contributed by atoms with Crippen LogP contribution in [0.5, 0.6) is 0 Å². The molecule has 10 nitrogen and oxygen atoms in total. The maximum absolute atomic E-state index is 12.9. The minimum atomic E-state index is -4.50. The van der Waals surface area contributed by atoms with E-state index in [4.69, 9.17) is 4.74 Å². The van der Waals surface area contributed by atoms with Crippen LogP contribution in [0.3, 0.4) is 0 Å². The van der Waals surface area contributed by atoms with Crippen LogP contribution >= 0.6 is 11.3 Å². The van der Waals surface area contributed by atoms with Crippen molar-refractivity contribution in [3.05, 3.63) is 53.7 Å². The fraction of sp³-hybridized carbons (Fsp3) is 0.190. The third-order valence-corrected chi connectivity index (χ3v) is 6.95. The number of methoxy groups -OCH3 is 1. The van der Waals surface area contributed by atoms with Gasteiger partial charge in [-0.15, -0.1) is 11.3 Å². The summed E-state index contributed by atoms with van der Waals surface area (Å²) in [7, 11) is -3.31. The number of rotatable bonds is 7. The van der Waals surface area contributed by atoms with Crippen LogP contribution in [0.25, 0.3) is 20.8 Å². The highest BCUT2D eigenvalue weighted by Gasteiger charge is 2.35. The first-order chi connectivity index (χ1) is 15.7. The normalized spacial score (nSPS) is 14.3. The van der Waals surface area contributed by atoms with E-state index in [2.05, 4.69) is 10.3 Å². The van der Waals surface area contributed by atoms with Crippen molar-refractivity contribution in [2.45, 2.75) is 4.90 Å². The van der Waals surface area contributed by atoms with Gasteiger partial charge in [-0.25, -0.2) is 9.78 Å². The van der Waals surface area contributed by atoms with Gasteiger partial charge in [0.05, 0.1) is 40.9 Å². The molecule has 0 saturated carbocycles. The number of aliphatic hydroxyl groups is 1. The molecule has 2 heterocycles. The highest BCUT2D eigenvalue weighted by atomic mass is 32.2. The SMILES string of the molecule is COC(=O)C1=C(Nc2ccc(S(=O)(=O)O)cc2-c2nc3ccccc3s2)C(=O)N(CCO)C1. The molecule has 3 N–H and O–H groups in total. The molecule has 12 heteroatoms. The van der Waals surface area contributed by atoms with Crippen LogP contribution in [0.1, 0.15) is 0 Å². The molecule has 172 valence electrons. The summed E-state index contributed by atoms with van der Waals surface area (Å²) in [5.74, 6) is -1.22. The Labute approximate surface area is 192 Å². The van der Waals surface area contributed by atoms with Gasteiger partial charge in [0.1, 0.15) is 10.7 Å². The van der Waals surface area contributed by atoms with Gasteiger partial charge < -0.3 is 20.1 Å². The third-order valence-electron chi connectivity index (χ3n) is 5.03. The molecule has 1 amide bonds. The lowest BCUT2D eigenvalue weighted by Gasteiger charge is -2.16. The number of β-amino-alcohol motifs (C(OH)–C–C–N with tert-alkyl or cyclic N) is 1. The molecule has 0 atom stereocenters. The molecule has 0 fully saturated rings. The van der Waals surface area contributed by atoms with E-state index in [-0.39, 0.29) is 35.9 Å². The summed E-state index contributed by atoms with van der Waals surface area (Å²) >= 11 is 1.30. The van der Waals surface area contributed by atoms with E-state index in [1.807, 2.05) is 18.2 Å². The zero-order valence-electron chi connectivity index (χ0n) is 17.3. The average molecular weight is 490 g/mol. The number of carbonyl (C=O) groups is 2. The number of carbonyl (C=O) groups excluding carboxylic acids is 2. The van der Waals surface area contributed by atoms with Crippen molar-refractivity contribution in [2.75, 3.05) is 32.1 Å². The van der Waals surface area contributed by atoms with Crippen LogP contribution in [-0.4, -0.2) is 66.6 Å². The van der Waals surface area contributed by atoms with Crippen molar-refractivity contribution in [2.24, 2.45) is 0 Å². The van der Waals surface area contributed by atoms with E-state index in [1.54, 1.807) is 6.07 Å². The largest absolute Gasteiger partial charge is 0.466 e. The van der Waals surface area contributed by atoms with Crippen LogP contribution in [0.15, 0.2) is 58.6 Å². The van der Waals surface area contributed by atoms with Crippen molar-refractivity contribution < 1.29 is 32.4 Å². The molecule has 0 aliphatic carbocycles. The van der Waals surface area contributed by atoms with Gasteiger partial charge in [-0.3, -0.25) is 9.35 Å². The quantitative estimate of drug-likeness (QED) is 0.334. The summed E-state index contributed by atoms with van der Waals surface area (Å²) in [6.07, 6.45) is 0. The second kappa shape index (κ2) is 8.90. The highest BCUT2D eigenvalue weighted by molar-refractivity contribution is 7.85. The first-order valence-electron chi connectivity index (χ1n) is 9.69. The fourth-order valence-corrected chi connectivity index (χ4v) is 4.94. The Morgan fingerprint density at radius 2 is 2.03 bits per heavy atom. The number of hydrogen-bond donors (Lipinski definition) is 3. The number of amides is 1. The summed E-state index contributed by atoms with van der Waals surface area (Å²) in [4.78, 5) is 30.7. The molecule has 33 heavy (non-hydrogen) atoms. The molecule has 3 aromatic rings. The summed E-state index contributed by atoms with van der Waals surface area (Å²) in [6.45, 7) is -0.307. The van der Waals surface area contributed by atoms with Gasteiger partial charge >= 0.3 is 5.97 Å². The number of para-hydroxylation sites is 1. The third kappa shape index (κ3) is 4.46. The molecule has 1 aromatic heterocycles. The number of fused-ring (bicyclic) bond motifs is 1. The Morgan fingerprint density at radius 3 is 2.70 bits per heavy atom. The van der Waals surface area contributed by atoms with E-state index >= 15 is 0 Å². The van der Waals surface area contributed by atoms with Crippen LogP contribution < -0.4 is 5.32 Å². The van der Waals surface area contributed by atoms with Gasteiger partial charge in [-0.1, -0.05) is 12.1 Å². The number of thiazole rings is 1. The smallest absolute Gasteiger partial charge is 0.337 e. The van der Waals surface area contributed by atoms with Gasteiger partial charge in [0.15, 0.2) is 0 Å². The Bertz CT molecular complexity index is 1360. The van der Waals surface area contributed by atoms with Gasteiger partial charge in [0.2, 0.25) is 0 Å². The summed E-state index contributed by atoms with van der Waals surface area (Å²) in [5, 5.41) is 12.6.